The Labute approximate surface area is 149 Å². The van der Waals surface area contributed by atoms with Gasteiger partial charge in [-0.25, -0.2) is 13.1 Å². The molecule has 0 bridgehead atoms. The lowest BCUT2D eigenvalue weighted by Crippen LogP contribution is -2.29. The van der Waals surface area contributed by atoms with Crippen molar-refractivity contribution in [1.82, 2.24) is 4.72 Å². The molecule has 0 aliphatic heterocycles. The second-order valence-corrected chi connectivity index (χ2v) is 8.43. The van der Waals surface area contributed by atoms with Gasteiger partial charge in [0, 0.05) is 23.6 Å². The molecule has 0 radical (unpaired) electrons. The Kier molecular flexibility index (Phi) is 6.30. The summed E-state index contributed by atoms with van der Waals surface area (Å²) in [7, 11) is -0.896. The molecule has 9 heteroatoms. The molecule has 1 heterocycles. The molecule has 1 atom stereocenters. The van der Waals surface area contributed by atoms with E-state index in [2.05, 4.69) is 4.72 Å². The van der Waals surface area contributed by atoms with Gasteiger partial charge in [-0.1, -0.05) is 23.2 Å². The number of nitrogens with one attached hydrogen (secondary N) is 1. The highest BCUT2D eigenvalue weighted by atomic mass is 35.5. The lowest BCUT2D eigenvalue weighted by atomic mass is 10.3. The summed E-state index contributed by atoms with van der Waals surface area (Å²) >= 11 is 13.1. The number of thiophene rings is 1. The maximum absolute atomic E-state index is 12.5. The number of halogens is 2. The molecule has 2 rings (SSSR count). The van der Waals surface area contributed by atoms with E-state index in [9.17, 15) is 8.42 Å². The number of ether oxygens (including phenoxy) is 2. The Hall–Kier alpha value is -0.830. The Morgan fingerprint density at radius 2 is 1.96 bits per heavy atom. The van der Waals surface area contributed by atoms with Crippen LogP contribution in [0.5, 0.6) is 5.75 Å². The number of benzene rings is 1. The monoisotopic (exact) mass is 395 g/mol. The molecule has 0 saturated heterocycles. The molecule has 1 N–H and O–H groups in total. The molecule has 23 heavy (non-hydrogen) atoms. The molecule has 0 aliphatic rings. The number of rotatable bonds is 7. The van der Waals surface area contributed by atoms with Crippen molar-refractivity contribution in [3.8, 4) is 5.75 Å². The third-order valence-corrected chi connectivity index (χ3v) is 6.07. The highest BCUT2D eigenvalue weighted by Crippen LogP contribution is 2.30. The molecule has 1 aromatic carbocycles. The van der Waals surface area contributed by atoms with Crippen molar-refractivity contribution in [1.29, 1.82) is 0 Å². The largest absolute Gasteiger partial charge is 0.495 e. The topological polar surface area (TPSA) is 64.6 Å². The molecule has 5 nitrogen and oxygen atoms in total. The van der Waals surface area contributed by atoms with Crippen LogP contribution >= 0.6 is 34.5 Å². The van der Waals surface area contributed by atoms with Crippen LogP contribution in [0, 0.1) is 0 Å². The first-order valence-corrected chi connectivity index (χ1v) is 9.54. The standard InChI is InChI=1S/C14H15Cl2NO4S2/c1-20-10-4-3-9(15)7-13(10)23(18,19)17-8-11(21-2)12-5-6-14(16)22-12/h3-7,11,17H,8H2,1-2H3. The van der Waals surface area contributed by atoms with Crippen LogP contribution in [-0.4, -0.2) is 29.2 Å². The zero-order chi connectivity index (χ0) is 17.0. The van der Waals surface area contributed by atoms with Gasteiger partial charge in [0.25, 0.3) is 0 Å². The Morgan fingerprint density at radius 1 is 1.22 bits per heavy atom. The summed E-state index contributed by atoms with van der Waals surface area (Å²) in [6.45, 7) is 0.0609. The van der Waals surface area contributed by atoms with E-state index in [-0.39, 0.29) is 17.2 Å². The van der Waals surface area contributed by atoms with E-state index in [1.807, 2.05) is 0 Å². The fraction of sp³-hybridized carbons (Fsp3) is 0.286. The van der Waals surface area contributed by atoms with Crippen LogP contribution in [0.3, 0.4) is 0 Å². The molecule has 0 fully saturated rings. The van der Waals surface area contributed by atoms with Gasteiger partial charge in [0.1, 0.15) is 16.7 Å². The van der Waals surface area contributed by atoms with Crippen molar-refractivity contribution in [2.75, 3.05) is 20.8 Å². The molecular weight excluding hydrogens is 381 g/mol. The maximum atomic E-state index is 12.5. The molecule has 1 aromatic heterocycles. The first-order chi connectivity index (χ1) is 10.9. The van der Waals surface area contributed by atoms with Crippen molar-refractivity contribution in [2.45, 2.75) is 11.0 Å². The molecule has 0 spiro atoms. The van der Waals surface area contributed by atoms with E-state index in [4.69, 9.17) is 32.7 Å². The summed E-state index contributed by atoms with van der Waals surface area (Å²) in [6, 6.07) is 7.94. The second-order valence-electron chi connectivity index (χ2n) is 4.51. The van der Waals surface area contributed by atoms with Gasteiger partial charge in [-0.3, -0.25) is 0 Å². The van der Waals surface area contributed by atoms with Gasteiger partial charge in [-0.15, -0.1) is 11.3 Å². The molecule has 0 amide bonds. The maximum Gasteiger partial charge on any atom is 0.244 e. The number of hydrogen-bond donors (Lipinski definition) is 1. The minimum Gasteiger partial charge on any atom is -0.495 e. The minimum absolute atomic E-state index is 0.0217. The van der Waals surface area contributed by atoms with Gasteiger partial charge < -0.3 is 9.47 Å². The zero-order valence-electron chi connectivity index (χ0n) is 12.4. The lowest BCUT2D eigenvalue weighted by molar-refractivity contribution is 0.110. The Balaban J connectivity index is 2.19. The Morgan fingerprint density at radius 3 is 2.52 bits per heavy atom. The number of hydrogen-bond acceptors (Lipinski definition) is 5. The first kappa shape index (κ1) is 18.5. The molecule has 126 valence electrons. The van der Waals surface area contributed by atoms with Crippen LogP contribution in [0.4, 0.5) is 0 Å². The van der Waals surface area contributed by atoms with E-state index in [0.29, 0.717) is 9.36 Å². The predicted molar refractivity (Wildman–Crippen MR) is 92.3 cm³/mol. The quantitative estimate of drug-likeness (QED) is 0.775. The molecule has 0 aliphatic carbocycles. The van der Waals surface area contributed by atoms with Gasteiger partial charge >= 0.3 is 0 Å². The smallest absolute Gasteiger partial charge is 0.244 e. The molecule has 1 unspecified atom stereocenters. The Bertz CT molecular complexity index is 777. The van der Waals surface area contributed by atoms with Crippen molar-refractivity contribution < 1.29 is 17.9 Å². The zero-order valence-corrected chi connectivity index (χ0v) is 15.5. The van der Waals surface area contributed by atoms with Crippen LogP contribution in [-0.2, 0) is 14.8 Å². The van der Waals surface area contributed by atoms with Crippen LogP contribution in [0.1, 0.15) is 11.0 Å². The van der Waals surface area contributed by atoms with Crippen molar-refractivity contribution in [3.63, 3.8) is 0 Å². The van der Waals surface area contributed by atoms with E-state index in [0.717, 1.165) is 4.88 Å². The van der Waals surface area contributed by atoms with Crippen LogP contribution in [0.2, 0.25) is 9.36 Å². The normalized spacial score (nSPS) is 13.0. The summed E-state index contributed by atoms with van der Waals surface area (Å²) in [6.07, 6.45) is -0.438. The van der Waals surface area contributed by atoms with Gasteiger partial charge in [-0.2, -0.15) is 0 Å². The van der Waals surface area contributed by atoms with Gasteiger partial charge in [0.15, 0.2) is 0 Å². The summed E-state index contributed by atoms with van der Waals surface area (Å²) < 4.78 is 38.5. The molecule has 0 saturated carbocycles. The third kappa shape index (κ3) is 4.59. The number of methoxy groups -OCH3 is 2. The van der Waals surface area contributed by atoms with Crippen molar-refractivity contribution in [3.05, 3.63) is 44.6 Å². The second kappa shape index (κ2) is 7.83. The third-order valence-electron chi connectivity index (χ3n) is 3.07. The average Bonchev–Trinajstić information content (AvgIpc) is 2.94. The first-order valence-electron chi connectivity index (χ1n) is 6.48. The fourth-order valence-electron chi connectivity index (χ4n) is 1.93. The summed E-state index contributed by atoms with van der Waals surface area (Å²) in [5.74, 6) is 0.218. The molecule has 2 aromatic rings. The van der Waals surface area contributed by atoms with Crippen LogP contribution < -0.4 is 9.46 Å². The van der Waals surface area contributed by atoms with Gasteiger partial charge in [0.2, 0.25) is 10.0 Å². The summed E-state index contributed by atoms with van der Waals surface area (Å²) in [4.78, 5) is 0.810. The highest BCUT2D eigenvalue weighted by Gasteiger charge is 2.22. The SMILES string of the molecule is COc1ccc(Cl)cc1S(=O)(=O)NCC(OC)c1ccc(Cl)s1. The number of sulfonamides is 1. The van der Waals surface area contributed by atoms with Crippen LogP contribution in [0.25, 0.3) is 0 Å². The van der Waals surface area contributed by atoms with Crippen molar-refractivity contribution in [2.24, 2.45) is 0 Å². The summed E-state index contributed by atoms with van der Waals surface area (Å²) in [5.41, 5.74) is 0. The minimum atomic E-state index is -3.80. The summed E-state index contributed by atoms with van der Waals surface area (Å²) in [5, 5.41) is 0.305. The van der Waals surface area contributed by atoms with E-state index >= 15 is 0 Å². The average molecular weight is 396 g/mol. The van der Waals surface area contributed by atoms with Crippen LogP contribution in [0.15, 0.2) is 35.2 Å². The van der Waals surface area contributed by atoms with E-state index in [1.54, 1.807) is 18.2 Å². The van der Waals surface area contributed by atoms with Gasteiger partial charge in [-0.05, 0) is 30.3 Å². The van der Waals surface area contributed by atoms with Crippen molar-refractivity contribution >= 4 is 44.6 Å². The predicted octanol–water partition coefficient (Wildman–Crippen LogP) is 3.73. The lowest BCUT2D eigenvalue weighted by Gasteiger charge is -2.16. The van der Waals surface area contributed by atoms with Gasteiger partial charge in [0.05, 0.1) is 11.4 Å². The fourth-order valence-corrected chi connectivity index (χ4v) is 4.53. The van der Waals surface area contributed by atoms with E-state index < -0.39 is 16.1 Å². The molecular formula is C14H15Cl2NO4S2. The highest BCUT2D eigenvalue weighted by molar-refractivity contribution is 7.89. The van der Waals surface area contributed by atoms with E-state index in [1.165, 1.54) is 37.7 Å².